The number of nitrogens with zero attached hydrogens (tertiary/aromatic N) is 3. The molecule has 0 saturated heterocycles. The molecule has 0 aliphatic heterocycles. The van der Waals surface area contributed by atoms with Crippen molar-refractivity contribution in [2.45, 2.75) is 19.5 Å². The summed E-state index contributed by atoms with van der Waals surface area (Å²) in [6.07, 6.45) is 3.19. The molecule has 0 aliphatic rings. The van der Waals surface area contributed by atoms with E-state index in [1.807, 2.05) is 0 Å². The molecular formula is C15H16FN3O3. The Balaban J connectivity index is 2.16. The monoisotopic (exact) mass is 305 g/mol. The van der Waals surface area contributed by atoms with Crippen molar-refractivity contribution < 1.29 is 19.1 Å². The predicted molar refractivity (Wildman–Crippen MR) is 76.4 cm³/mol. The van der Waals surface area contributed by atoms with E-state index in [1.165, 1.54) is 33.8 Å². The first kappa shape index (κ1) is 15.7. The van der Waals surface area contributed by atoms with E-state index in [0.29, 0.717) is 5.56 Å². The number of benzene rings is 1. The third-order valence-electron chi connectivity index (χ3n) is 3.20. The molecule has 0 saturated carbocycles. The van der Waals surface area contributed by atoms with Crippen LogP contribution in [0, 0.1) is 5.82 Å². The highest BCUT2D eigenvalue weighted by Crippen LogP contribution is 2.13. The number of hydrogen-bond donors (Lipinski definition) is 1. The maximum Gasteiger partial charge on any atom is 0.323 e. The van der Waals surface area contributed by atoms with Crippen molar-refractivity contribution >= 4 is 11.9 Å². The van der Waals surface area contributed by atoms with E-state index in [0.717, 1.165) is 0 Å². The molecule has 2 rings (SSSR count). The van der Waals surface area contributed by atoms with E-state index >= 15 is 0 Å². The highest BCUT2D eigenvalue weighted by molar-refractivity contribution is 5.83. The zero-order chi connectivity index (χ0) is 16.1. The number of rotatable bonds is 6. The minimum Gasteiger partial charge on any atom is -0.480 e. The second kappa shape index (κ2) is 6.84. The van der Waals surface area contributed by atoms with Gasteiger partial charge in [-0.3, -0.25) is 14.3 Å². The van der Waals surface area contributed by atoms with E-state index in [9.17, 15) is 14.0 Å². The van der Waals surface area contributed by atoms with Crippen LogP contribution in [0.3, 0.4) is 0 Å². The predicted octanol–water partition coefficient (Wildman–Crippen LogP) is 1.70. The van der Waals surface area contributed by atoms with Crippen molar-refractivity contribution in [3.8, 4) is 0 Å². The van der Waals surface area contributed by atoms with Gasteiger partial charge in [-0.1, -0.05) is 12.1 Å². The van der Waals surface area contributed by atoms with Crippen molar-refractivity contribution in [3.05, 3.63) is 54.1 Å². The summed E-state index contributed by atoms with van der Waals surface area (Å²) in [5, 5.41) is 13.0. The molecule has 1 heterocycles. The number of carboxylic acid groups (broad SMARTS) is 1. The quantitative estimate of drug-likeness (QED) is 0.881. The van der Waals surface area contributed by atoms with Gasteiger partial charge in [0.05, 0.1) is 0 Å². The number of carbonyl (C=O) groups is 2. The average Bonchev–Trinajstić information content (AvgIpc) is 3.01. The molecule has 0 radical (unpaired) electrons. The van der Waals surface area contributed by atoms with Gasteiger partial charge in [-0.05, 0) is 30.7 Å². The topological polar surface area (TPSA) is 75.4 Å². The summed E-state index contributed by atoms with van der Waals surface area (Å²) in [5.74, 6) is -1.86. The number of hydrogen-bond acceptors (Lipinski definition) is 3. The Morgan fingerprint density at radius 2 is 2.05 bits per heavy atom. The van der Waals surface area contributed by atoms with E-state index in [1.54, 1.807) is 25.4 Å². The fourth-order valence-corrected chi connectivity index (χ4v) is 2.07. The molecule has 22 heavy (non-hydrogen) atoms. The Morgan fingerprint density at radius 3 is 2.59 bits per heavy atom. The lowest BCUT2D eigenvalue weighted by Crippen LogP contribution is -2.39. The number of aliphatic carboxylic acids is 1. The van der Waals surface area contributed by atoms with Crippen LogP contribution in [-0.2, 0) is 16.1 Å². The molecule has 116 valence electrons. The van der Waals surface area contributed by atoms with Gasteiger partial charge in [0.25, 0.3) is 0 Å². The van der Waals surface area contributed by atoms with Crippen LogP contribution < -0.4 is 0 Å². The van der Waals surface area contributed by atoms with Crippen LogP contribution in [0.2, 0.25) is 0 Å². The van der Waals surface area contributed by atoms with Crippen LogP contribution in [0.4, 0.5) is 4.39 Å². The third-order valence-corrected chi connectivity index (χ3v) is 3.20. The number of carboxylic acids is 1. The summed E-state index contributed by atoms with van der Waals surface area (Å²) in [5.41, 5.74) is 0.656. The first-order valence-corrected chi connectivity index (χ1v) is 6.71. The highest BCUT2D eigenvalue weighted by Gasteiger charge is 2.24. The average molecular weight is 305 g/mol. The first-order valence-electron chi connectivity index (χ1n) is 6.71. The number of carbonyl (C=O) groups excluding carboxylic acids is 1. The molecule has 7 heteroatoms. The van der Waals surface area contributed by atoms with Gasteiger partial charge in [0.15, 0.2) is 0 Å². The van der Waals surface area contributed by atoms with Gasteiger partial charge in [0.2, 0.25) is 5.91 Å². The van der Waals surface area contributed by atoms with Crippen LogP contribution in [0.1, 0.15) is 18.5 Å². The molecule has 1 unspecified atom stereocenters. The van der Waals surface area contributed by atoms with Crippen molar-refractivity contribution in [2.75, 3.05) is 6.54 Å². The van der Waals surface area contributed by atoms with E-state index in [-0.39, 0.29) is 18.3 Å². The summed E-state index contributed by atoms with van der Waals surface area (Å²) in [6, 6.07) is 6.66. The standard InChI is InChI=1S/C15H16FN3O3/c1-11(19-8-2-7-17-19)15(22)18(10-14(20)21)9-12-3-5-13(16)6-4-12/h2-8,11H,9-10H2,1H3,(H,20,21). The normalized spacial score (nSPS) is 11.9. The highest BCUT2D eigenvalue weighted by atomic mass is 19.1. The van der Waals surface area contributed by atoms with Gasteiger partial charge in [0.1, 0.15) is 18.4 Å². The summed E-state index contributed by atoms with van der Waals surface area (Å²) < 4.78 is 14.4. The summed E-state index contributed by atoms with van der Waals surface area (Å²) in [4.78, 5) is 24.7. The zero-order valence-corrected chi connectivity index (χ0v) is 12.0. The van der Waals surface area contributed by atoms with Crippen molar-refractivity contribution in [1.82, 2.24) is 14.7 Å². The van der Waals surface area contributed by atoms with E-state index in [2.05, 4.69) is 5.10 Å². The molecular weight excluding hydrogens is 289 g/mol. The van der Waals surface area contributed by atoms with E-state index < -0.39 is 18.6 Å². The lowest BCUT2D eigenvalue weighted by molar-refractivity contribution is -0.146. The van der Waals surface area contributed by atoms with Crippen molar-refractivity contribution in [2.24, 2.45) is 0 Å². The Morgan fingerprint density at radius 1 is 1.36 bits per heavy atom. The van der Waals surface area contributed by atoms with Gasteiger partial charge in [-0.15, -0.1) is 0 Å². The summed E-state index contributed by atoms with van der Waals surface area (Å²) in [6.45, 7) is 1.31. The largest absolute Gasteiger partial charge is 0.480 e. The molecule has 0 bridgehead atoms. The van der Waals surface area contributed by atoms with Crippen LogP contribution >= 0.6 is 0 Å². The number of halogens is 1. The van der Waals surface area contributed by atoms with Crippen LogP contribution in [-0.4, -0.2) is 38.2 Å². The van der Waals surface area contributed by atoms with Crippen LogP contribution in [0.5, 0.6) is 0 Å². The zero-order valence-electron chi connectivity index (χ0n) is 12.0. The lowest BCUT2D eigenvalue weighted by Gasteiger charge is -2.24. The second-order valence-corrected chi connectivity index (χ2v) is 4.88. The van der Waals surface area contributed by atoms with Gasteiger partial charge in [-0.25, -0.2) is 4.39 Å². The second-order valence-electron chi connectivity index (χ2n) is 4.88. The molecule has 1 N–H and O–H groups in total. The molecule has 1 aromatic carbocycles. The third kappa shape index (κ3) is 3.91. The number of amides is 1. The SMILES string of the molecule is CC(C(=O)N(CC(=O)O)Cc1ccc(F)cc1)n1cccn1. The summed E-state index contributed by atoms with van der Waals surface area (Å²) in [7, 11) is 0. The minimum absolute atomic E-state index is 0.0943. The lowest BCUT2D eigenvalue weighted by atomic mass is 10.2. The fraction of sp³-hybridized carbons (Fsp3) is 0.267. The molecule has 1 amide bonds. The van der Waals surface area contributed by atoms with Crippen molar-refractivity contribution in [3.63, 3.8) is 0 Å². The van der Waals surface area contributed by atoms with Gasteiger partial charge in [0, 0.05) is 18.9 Å². The minimum atomic E-state index is -1.11. The maximum atomic E-state index is 12.9. The fourth-order valence-electron chi connectivity index (χ4n) is 2.07. The molecule has 2 aromatic rings. The Hall–Kier alpha value is -2.70. The Kier molecular flexibility index (Phi) is 4.88. The molecule has 6 nitrogen and oxygen atoms in total. The first-order chi connectivity index (χ1) is 10.5. The molecule has 1 aromatic heterocycles. The van der Waals surface area contributed by atoms with Crippen LogP contribution in [0.25, 0.3) is 0 Å². The summed E-state index contributed by atoms with van der Waals surface area (Å²) >= 11 is 0. The van der Waals surface area contributed by atoms with Crippen molar-refractivity contribution in [1.29, 1.82) is 0 Å². The van der Waals surface area contributed by atoms with Crippen LogP contribution in [0.15, 0.2) is 42.7 Å². The molecule has 0 aliphatic carbocycles. The maximum absolute atomic E-state index is 12.9. The van der Waals surface area contributed by atoms with Gasteiger partial charge < -0.3 is 10.0 Å². The Labute approximate surface area is 126 Å². The van der Waals surface area contributed by atoms with E-state index in [4.69, 9.17) is 5.11 Å². The van der Waals surface area contributed by atoms with Gasteiger partial charge >= 0.3 is 5.97 Å². The Bertz CT molecular complexity index is 641. The molecule has 0 spiro atoms. The molecule has 1 atom stereocenters. The number of aromatic nitrogens is 2. The van der Waals surface area contributed by atoms with Gasteiger partial charge in [-0.2, -0.15) is 5.10 Å². The smallest absolute Gasteiger partial charge is 0.323 e. The molecule has 0 fully saturated rings.